The maximum absolute atomic E-state index is 14.4. The number of halogens is 2. The summed E-state index contributed by atoms with van der Waals surface area (Å²) < 4.78 is 38.5. The summed E-state index contributed by atoms with van der Waals surface area (Å²) in [6, 6.07) is 4.77. The lowest BCUT2D eigenvalue weighted by molar-refractivity contribution is 0.0534. The molecule has 1 amide bonds. The highest BCUT2D eigenvalue weighted by Gasteiger charge is 2.30. The number of rotatable bonds is 7. The van der Waals surface area contributed by atoms with Crippen LogP contribution in [0.3, 0.4) is 0 Å². The van der Waals surface area contributed by atoms with E-state index < -0.39 is 29.1 Å². The molecule has 1 aromatic carbocycles. The molecule has 130 valence electrons. The quantitative estimate of drug-likeness (QED) is 0.842. The smallest absolute Gasteiger partial charge is 0.260 e. The fourth-order valence-corrected chi connectivity index (χ4v) is 2.42. The lowest BCUT2D eigenvalue weighted by atomic mass is 10.1. The van der Waals surface area contributed by atoms with Gasteiger partial charge in [0.25, 0.3) is 5.91 Å². The van der Waals surface area contributed by atoms with Crippen molar-refractivity contribution in [1.29, 1.82) is 0 Å². The third-order valence-corrected chi connectivity index (χ3v) is 3.78. The van der Waals surface area contributed by atoms with Crippen LogP contribution in [0.2, 0.25) is 0 Å². The number of amides is 1. The molecule has 0 spiro atoms. The second-order valence-electron chi connectivity index (χ2n) is 5.20. The molecule has 1 aromatic heterocycles. The molecule has 24 heavy (non-hydrogen) atoms. The van der Waals surface area contributed by atoms with E-state index in [1.54, 1.807) is 19.1 Å². The van der Waals surface area contributed by atoms with Crippen LogP contribution in [-0.4, -0.2) is 35.7 Å². The topological polar surface area (TPSA) is 62.9 Å². The molecule has 0 bridgehead atoms. The Morgan fingerprint density at radius 1 is 1.38 bits per heavy atom. The van der Waals surface area contributed by atoms with Gasteiger partial charge in [0.1, 0.15) is 17.1 Å². The lowest BCUT2D eigenvalue weighted by Crippen LogP contribution is -2.42. The molecule has 0 aliphatic carbocycles. The molecule has 7 heteroatoms. The number of benzene rings is 1. The van der Waals surface area contributed by atoms with Crippen LogP contribution < -0.4 is 4.74 Å². The van der Waals surface area contributed by atoms with Gasteiger partial charge in [0.15, 0.2) is 11.6 Å². The van der Waals surface area contributed by atoms with Crippen molar-refractivity contribution in [2.45, 2.75) is 25.9 Å². The van der Waals surface area contributed by atoms with Crippen LogP contribution in [0, 0.1) is 11.6 Å². The lowest BCUT2D eigenvalue weighted by Gasteiger charge is -2.29. The number of ether oxygens (including phenoxy) is 1. The molecule has 0 saturated heterocycles. The van der Waals surface area contributed by atoms with Crippen molar-refractivity contribution in [2.75, 3.05) is 13.7 Å². The van der Waals surface area contributed by atoms with Crippen molar-refractivity contribution in [2.24, 2.45) is 0 Å². The highest BCUT2D eigenvalue weighted by molar-refractivity contribution is 5.95. The van der Waals surface area contributed by atoms with Crippen molar-refractivity contribution in [3.63, 3.8) is 0 Å². The van der Waals surface area contributed by atoms with Crippen LogP contribution in [0.4, 0.5) is 8.78 Å². The van der Waals surface area contributed by atoms with Gasteiger partial charge in [0.05, 0.1) is 32.6 Å². The van der Waals surface area contributed by atoms with E-state index in [1.165, 1.54) is 18.3 Å². The average Bonchev–Trinajstić information content (AvgIpc) is 3.08. The third kappa shape index (κ3) is 3.56. The summed E-state index contributed by atoms with van der Waals surface area (Å²) in [6.45, 7) is 1.42. The second-order valence-corrected chi connectivity index (χ2v) is 5.20. The van der Waals surface area contributed by atoms with E-state index in [-0.39, 0.29) is 18.9 Å². The molecule has 1 N–H and O–H groups in total. The third-order valence-electron chi connectivity index (χ3n) is 3.78. The number of furan rings is 1. The Balaban J connectivity index is 2.44. The van der Waals surface area contributed by atoms with Crippen LogP contribution in [0.15, 0.2) is 34.9 Å². The van der Waals surface area contributed by atoms with E-state index in [2.05, 4.69) is 0 Å². The highest BCUT2D eigenvalue weighted by atomic mass is 19.1. The van der Waals surface area contributed by atoms with Gasteiger partial charge in [-0.25, -0.2) is 8.78 Å². The first-order valence-corrected chi connectivity index (χ1v) is 7.49. The summed E-state index contributed by atoms with van der Waals surface area (Å²) in [6.07, 6.45) is 1.85. The number of aliphatic hydroxyl groups excluding tert-OH is 1. The number of hydrogen-bond donors (Lipinski definition) is 1. The Bertz CT molecular complexity index is 684. The Kier molecular flexibility index (Phi) is 5.92. The minimum Gasteiger partial charge on any atom is -0.494 e. The number of methoxy groups -OCH3 is 1. The van der Waals surface area contributed by atoms with Gasteiger partial charge in [-0.05, 0) is 30.7 Å². The largest absolute Gasteiger partial charge is 0.494 e. The van der Waals surface area contributed by atoms with Crippen molar-refractivity contribution >= 4 is 5.91 Å². The Morgan fingerprint density at radius 3 is 2.67 bits per heavy atom. The maximum Gasteiger partial charge on any atom is 0.260 e. The van der Waals surface area contributed by atoms with Crippen LogP contribution >= 0.6 is 0 Å². The normalized spacial score (nSPS) is 12.0. The minimum atomic E-state index is -1.07. The number of nitrogens with zero attached hydrogens (tertiary/aromatic N) is 1. The Hall–Kier alpha value is -2.41. The Morgan fingerprint density at radius 2 is 2.12 bits per heavy atom. The zero-order valence-corrected chi connectivity index (χ0v) is 13.5. The van der Waals surface area contributed by atoms with E-state index in [9.17, 15) is 18.7 Å². The van der Waals surface area contributed by atoms with Gasteiger partial charge in [-0.1, -0.05) is 6.92 Å². The summed E-state index contributed by atoms with van der Waals surface area (Å²) >= 11 is 0. The van der Waals surface area contributed by atoms with Gasteiger partial charge in [-0.3, -0.25) is 4.79 Å². The van der Waals surface area contributed by atoms with E-state index in [4.69, 9.17) is 9.15 Å². The number of carbonyl (C=O) groups is 1. The predicted octanol–water partition coefficient (Wildman–Crippen LogP) is 2.98. The molecule has 0 saturated carbocycles. The van der Waals surface area contributed by atoms with Gasteiger partial charge >= 0.3 is 0 Å². The van der Waals surface area contributed by atoms with Crippen molar-refractivity contribution in [1.82, 2.24) is 4.90 Å². The van der Waals surface area contributed by atoms with Gasteiger partial charge in [-0.15, -0.1) is 0 Å². The predicted molar refractivity (Wildman–Crippen MR) is 82.7 cm³/mol. The molecular weight excluding hydrogens is 320 g/mol. The molecule has 0 aliphatic heterocycles. The summed E-state index contributed by atoms with van der Waals surface area (Å²) in [4.78, 5) is 14.0. The zero-order valence-electron chi connectivity index (χ0n) is 13.5. The van der Waals surface area contributed by atoms with Crippen LogP contribution in [0.5, 0.6) is 5.75 Å². The summed E-state index contributed by atoms with van der Waals surface area (Å²) in [5, 5.41) is 9.52. The first-order chi connectivity index (χ1) is 11.5. The fraction of sp³-hybridized carbons (Fsp3) is 0.353. The molecule has 0 fully saturated rings. The monoisotopic (exact) mass is 339 g/mol. The van der Waals surface area contributed by atoms with Gasteiger partial charge in [-0.2, -0.15) is 0 Å². The van der Waals surface area contributed by atoms with Crippen molar-refractivity contribution < 1.29 is 27.8 Å². The van der Waals surface area contributed by atoms with Crippen LogP contribution in [0.1, 0.15) is 29.5 Å². The molecule has 2 aromatic rings. The number of aliphatic hydroxyl groups is 1. The van der Waals surface area contributed by atoms with Crippen LogP contribution in [0.25, 0.3) is 0 Å². The van der Waals surface area contributed by atoms with Gasteiger partial charge in [0.2, 0.25) is 0 Å². The summed E-state index contributed by atoms with van der Waals surface area (Å²) in [5.41, 5.74) is -0.715. The van der Waals surface area contributed by atoms with Crippen molar-refractivity contribution in [3.05, 3.63) is 53.5 Å². The molecule has 0 unspecified atom stereocenters. The first-order valence-electron chi connectivity index (χ1n) is 7.49. The molecule has 5 nitrogen and oxygen atoms in total. The van der Waals surface area contributed by atoms with Crippen molar-refractivity contribution in [3.8, 4) is 5.75 Å². The standard InChI is InChI=1S/C17H19F2NO4/c1-3-11(10-21)20(9-12-5-4-8-24-12)17(22)15-13(18)6-7-14(23-2)16(15)19/h4-8,11,21H,3,9-10H2,1-2H3/t11-/m1/s1. The Labute approximate surface area is 138 Å². The second kappa shape index (κ2) is 7.92. The number of carbonyl (C=O) groups excluding carboxylic acids is 1. The summed E-state index contributed by atoms with van der Waals surface area (Å²) in [7, 11) is 1.23. The van der Waals surface area contributed by atoms with Gasteiger partial charge in [0, 0.05) is 0 Å². The van der Waals surface area contributed by atoms with E-state index in [1.807, 2.05) is 0 Å². The molecule has 1 atom stereocenters. The maximum atomic E-state index is 14.4. The van der Waals surface area contributed by atoms with E-state index in [0.29, 0.717) is 12.2 Å². The SMILES string of the molecule is CC[C@H](CO)N(Cc1ccco1)C(=O)c1c(F)ccc(OC)c1F. The molecule has 0 radical (unpaired) electrons. The van der Waals surface area contributed by atoms with E-state index >= 15 is 0 Å². The fourth-order valence-electron chi connectivity index (χ4n) is 2.42. The first kappa shape index (κ1) is 17.9. The number of hydrogen-bond acceptors (Lipinski definition) is 4. The molecule has 2 rings (SSSR count). The zero-order chi connectivity index (χ0) is 17.7. The highest BCUT2D eigenvalue weighted by Crippen LogP contribution is 2.26. The summed E-state index contributed by atoms with van der Waals surface area (Å²) in [5.74, 6) is -2.72. The van der Waals surface area contributed by atoms with Gasteiger partial charge < -0.3 is 19.2 Å². The minimum absolute atomic E-state index is 0.0129. The van der Waals surface area contributed by atoms with Crippen LogP contribution in [-0.2, 0) is 6.54 Å². The molecule has 0 aliphatic rings. The van der Waals surface area contributed by atoms with E-state index in [0.717, 1.165) is 12.1 Å². The molecular formula is C17H19F2NO4. The average molecular weight is 339 g/mol. The molecule has 1 heterocycles.